The van der Waals surface area contributed by atoms with Crippen LogP contribution in [0.4, 0.5) is 0 Å². The van der Waals surface area contributed by atoms with Crippen LogP contribution in [0.1, 0.15) is 44.9 Å². The SMILES string of the molecule is O=CCC(N1CCCCC1)N1CCCCC1. The van der Waals surface area contributed by atoms with Crippen LogP contribution in [0.2, 0.25) is 0 Å². The first kappa shape index (κ1) is 12.1. The van der Waals surface area contributed by atoms with Gasteiger partial charge in [0.15, 0.2) is 0 Å². The molecule has 16 heavy (non-hydrogen) atoms. The van der Waals surface area contributed by atoms with Gasteiger partial charge in [0, 0.05) is 6.42 Å². The van der Waals surface area contributed by atoms with Gasteiger partial charge in [-0.05, 0) is 51.9 Å². The molecule has 0 spiro atoms. The minimum atomic E-state index is 0.401. The summed E-state index contributed by atoms with van der Waals surface area (Å²) in [6.45, 7) is 4.76. The largest absolute Gasteiger partial charge is 0.303 e. The van der Waals surface area contributed by atoms with Gasteiger partial charge >= 0.3 is 0 Å². The Kier molecular flexibility index (Phi) is 4.79. The summed E-state index contributed by atoms with van der Waals surface area (Å²) < 4.78 is 0. The summed E-state index contributed by atoms with van der Waals surface area (Å²) in [4.78, 5) is 15.9. The summed E-state index contributed by atoms with van der Waals surface area (Å²) in [6, 6.07) is 0. The molecule has 3 nitrogen and oxygen atoms in total. The van der Waals surface area contributed by atoms with E-state index in [1.54, 1.807) is 0 Å². The Labute approximate surface area is 98.8 Å². The first-order valence-corrected chi connectivity index (χ1v) is 6.83. The minimum absolute atomic E-state index is 0.401. The number of likely N-dealkylation sites (tertiary alicyclic amines) is 2. The van der Waals surface area contributed by atoms with Crippen LogP contribution in [-0.2, 0) is 4.79 Å². The maximum absolute atomic E-state index is 10.8. The fourth-order valence-electron chi connectivity index (χ4n) is 3.05. The molecule has 2 aliphatic rings. The molecular formula is C13H24N2O. The highest BCUT2D eigenvalue weighted by Crippen LogP contribution is 2.20. The van der Waals surface area contributed by atoms with Crippen molar-refractivity contribution in [3.8, 4) is 0 Å². The minimum Gasteiger partial charge on any atom is -0.303 e. The fourth-order valence-corrected chi connectivity index (χ4v) is 3.05. The van der Waals surface area contributed by atoms with E-state index in [2.05, 4.69) is 9.80 Å². The predicted molar refractivity (Wildman–Crippen MR) is 65.3 cm³/mol. The summed E-state index contributed by atoms with van der Waals surface area (Å²) >= 11 is 0. The molecule has 2 heterocycles. The van der Waals surface area contributed by atoms with E-state index in [1.165, 1.54) is 64.7 Å². The van der Waals surface area contributed by atoms with E-state index in [1.807, 2.05) is 0 Å². The number of hydrogen-bond donors (Lipinski definition) is 0. The zero-order valence-corrected chi connectivity index (χ0v) is 10.2. The third-order valence-corrected chi connectivity index (χ3v) is 3.93. The molecule has 2 rings (SSSR count). The van der Waals surface area contributed by atoms with Crippen LogP contribution in [0.5, 0.6) is 0 Å². The lowest BCUT2D eigenvalue weighted by Crippen LogP contribution is -2.52. The van der Waals surface area contributed by atoms with Gasteiger partial charge in [-0.3, -0.25) is 9.80 Å². The predicted octanol–water partition coefficient (Wildman–Crippen LogP) is 1.87. The second-order valence-electron chi connectivity index (χ2n) is 5.08. The van der Waals surface area contributed by atoms with Gasteiger partial charge in [0.25, 0.3) is 0 Å². The van der Waals surface area contributed by atoms with Crippen LogP contribution < -0.4 is 0 Å². The lowest BCUT2D eigenvalue weighted by atomic mass is 10.1. The summed E-state index contributed by atoms with van der Waals surface area (Å²) in [5.74, 6) is 0. The lowest BCUT2D eigenvalue weighted by Gasteiger charge is -2.42. The van der Waals surface area contributed by atoms with E-state index in [0.717, 1.165) is 6.29 Å². The van der Waals surface area contributed by atoms with Crippen molar-refractivity contribution >= 4 is 6.29 Å². The maximum atomic E-state index is 10.8. The number of nitrogens with zero attached hydrogens (tertiary/aromatic N) is 2. The molecule has 2 aliphatic heterocycles. The van der Waals surface area contributed by atoms with Crippen molar-refractivity contribution < 1.29 is 4.79 Å². The smallest absolute Gasteiger partial charge is 0.122 e. The number of piperidine rings is 2. The van der Waals surface area contributed by atoms with E-state index in [4.69, 9.17) is 0 Å². The Morgan fingerprint density at radius 2 is 1.25 bits per heavy atom. The quantitative estimate of drug-likeness (QED) is 0.681. The number of rotatable bonds is 4. The van der Waals surface area contributed by atoms with Crippen molar-refractivity contribution in [1.29, 1.82) is 0 Å². The highest BCUT2D eigenvalue weighted by Gasteiger charge is 2.26. The highest BCUT2D eigenvalue weighted by atomic mass is 16.1. The van der Waals surface area contributed by atoms with Crippen LogP contribution in [0.25, 0.3) is 0 Å². The fraction of sp³-hybridized carbons (Fsp3) is 0.923. The van der Waals surface area contributed by atoms with Crippen LogP contribution in [-0.4, -0.2) is 48.4 Å². The molecule has 92 valence electrons. The average Bonchev–Trinajstić information content (AvgIpc) is 2.38. The second kappa shape index (κ2) is 6.36. The van der Waals surface area contributed by atoms with Crippen molar-refractivity contribution in [2.24, 2.45) is 0 Å². The van der Waals surface area contributed by atoms with Crippen molar-refractivity contribution in [1.82, 2.24) is 9.80 Å². The van der Waals surface area contributed by atoms with E-state index < -0.39 is 0 Å². The molecular weight excluding hydrogens is 200 g/mol. The first-order valence-electron chi connectivity index (χ1n) is 6.83. The summed E-state index contributed by atoms with van der Waals surface area (Å²) in [6.07, 6.45) is 10.2. The van der Waals surface area contributed by atoms with Gasteiger partial charge in [0.2, 0.25) is 0 Å². The Balaban J connectivity index is 1.93. The molecule has 0 aliphatic carbocycles. The Morgan fingerprint density at radius 1 is 0.812 bits per heavy atom. The molecule has 0 N–H and O–H groups in total. The molecule has 2 saturated heterocycles. The van der Waals surface area contributed by atoms with Crippen molar-refractivity contribution in [3.05, 3.63) is 0 Å². The molecule has 2 fully saturated rings. The highest BCUT2D eigenvalue weighted by molar-refractivity contribution is 5.50. The summed E-state index contributed by atoms with van der Waals surface area (Å²) in [7, 11) is 0. The molecule has 0 aromatic rings. The van der Waals surface area contributed by atoms with Crippen LogP contribution >= 0.6 is 0 Å². The molecule has 0 atom stereocenters. The molecule has 0 unspecified atom stereocenters. The molecule has 3 heteroatoms. The van der Waals surface area contributed by atoms with Crippen molar-refractivity contribution in [3.63, 3.8) is 0 Å². The molecule has 0 aromatic carbocycles. The monoisotopic (exact) mass is 224 g/mol. The van der Waals surface area contributed by atoms with Gasteiger partial charge in [0.05, 0.1) is 6.17 Å². The standard InChI is InChI=1S/C13H24N2O/c16-12-7-13(14-8-3-1-4-9-14)15-10-5-2-6-11-15/h12-13H,1-11H2. The van der Waals surface area contributed by atoms with Crippen LogP contribution in [0, 0.1) is 0 Å². The Hall–Kier alpha value is -0.410. The topological polar surface area (TPSA) is 23.6 Å². The molecule has 0 aromatic heterocycles. The van der Waals surface area contributed by atoms with E-state index in [9.17, 15) is 4.79 Å². The van der Waals surface area contributed by atoms with Crippen LogP contribution in [0.3, 0.4) is 0 Å². The first-order chi connectivity index (χ1) is 7.92. The zero-order valence-electron chi connectivity index (χ0n) is 10.2. The third kappa shape index (κ3) is 3.05. The average molecular weight is 224 g/mol. The molecule has 0 saturated carbocycles. The number of hydrogen-bond acceptors (Lipinski definition) is 3. The van der Waals surface area contributed by atoms with E-state index in [0.29, 0.717) is 12.6 Å². The van der Waals surface area contributed by atoms with Crippen molar-refractivity contribution in [2.75, 3.05) is 26.2 Å². The van der Waals surface area contributed by atoms with Gasteiger partial charge in [-0.25, -0.2) is 0 Å². The van der Waals surface area contributed by atoms with E-state index >= 15 is 0 Å². The number of carbonyl (C=O) groups is 1. The molecule has 0 bridgehead atoms. The maximum Gasteiger partial charge on any atom is 0.122 e. The second-order valence-corrected chi connectivity index (χ2v) is 5.08. The normalized spacial score (nSPS) is 24.8. The zero-order chi connectivity index (χ0) is 11.2. The van der Waals surface area contributed by atoms with Gasteiger partial charge in [-0.15, -0.1) is 0 Å². The molecule has 0 radical (unpaired) electrons. The number of carbonyl (C=O) groups excluding carboxylic acids is 1. The third-order valence-electron chi connectivity index (χ3n) is 3.93. The Morgan fingerprint density at radius 3 is 1.62 bits per heavy atom. The van der Waals surface area contributed by atoms with Gasteiger partial charge < -0.3 is 4.79 Å². The van der Waals surface area contributed by atoms with Gasteiger partial charge in [-0.2, -0.15) is 0 Å². The van der Waals surface area contributed by atoms with Crippen LogP contribution in [0.15, 0.2) is 0 Å². The van der Waals surface area contributed by atoms with Gasteiger partial charge in [0.1, 0.15) is 6.29 Å². The molecule has 0 amide bonds. The van der Waals surface area contributed by atoms with Crippen molar-refractivity contribution in [2.45, 2.75) is 51.1 Å². The Bertz CT molecular complexity index is 190. The van der Waals surface area contributed by atoms with Gasteiger partial charge in [-0.1, -0.05) is 12.8 Å². The summed E-state index contributed by atoms with van der Waals surface area (Å²) in [5, 5.41) is 0. The van der Waals surface area contributed by atoms with E-state index in [-0.39, 0.29) is 0 Å². The summed E-state index contributed by atoms with van der Waals surface area (Å²) in [5.41, 5.74) is 0. The number of aldehydes is 1. The lowest BCUT2D eigenvalue weighted by molar-refractivity contribution is -0.111.